The summed E-state index contributed by atoms with van der Waals surface area (Å²) in [6.45, 7) is 3.96. The van der Waals surface area contributed by atoms with Gasteiger partial charge in [0.2, 0.25) is 0 Å². The molecule has 0 aliphatic rings. The van der Waals surface area contributed by atoms with Crippen molar-refractivity contribution in [1.29, 1.82) is 0 Å². The summed E-state index contributed by atoms with van der Waals surface area (Å²) in [5, 5.41) is 2.89. The van der Waals surface area contributed by atoms with Crippen molar-refractivity contribution in [3.8, 4) is 17.0 Å². The van der Waals surface area contributed by atoms with Crippen LogP contribution in [-0.2, 0) is 4.79 Å². The van der Waals surface area contributed by atoms with Gasteiger partial charge in [-0.15, -0.1) is 0 Å². The molecular formula is C23H21N3O2. The number of pyridine rings is 1. The van der Waals surface area contributed by atoms with E-state index < -0.39 is 0 Å². The van der Waals surface area contributed by atoms with E-state index in [2.05, 4.69) is 10.3 Å². The molecule has 0 saturated carbocycles. The smallest absolute Gasteiger partial charge is 0.262 e. The number of benzene rings is 2. The van der Waals surface area contributed by atoms with Gasteiger partial charge in [0.15, 0.2) is 6.61 Å². The van der Waals surface area contributed by atoms with Crippen molar-refractivity contribution >= 4 is 17.2 Å². The average Bonchev–Trinajstić information content (AvgIpc) is 3.11. The first-order chi connectivity index (χ1) is 13.6. The van der Waals surface area contributed by atoms with Gasteiger partial charge in [0, 0.05) is 23.6 Å². The first-order valence-corrected chi connectivity index (χ1v) is 9.12. The Labute approximate surface area is 163 Å². The number of rotatable bonds is 5. The number of hydrogen-bond acceptors (Lipinski definition) is 3. The minimum absolute atomic E-state index is 0.0390. The average molecular weight is 371 g/mol. The maximum Gasteiger partial charge on any atom is 0.262 e. The zero-order valence-electron chi connectivity index (χ0n) is 15.8. The molecule has 0 atom stereocenters. The number of carbonyl (C=O) groups is 1. The van der Waals surface area contributed by atoms with Crippen molar-refractivity contribution < 1.29 is 9.53 Å². The molecule has 2 heterocycles. The summed E-state index contributed by atoms with van der Waals surface area (Å²) in [7, 11) is 0. The first kappa shape index (κ1) is 17.8. The molecular weight excluding hydrogens is 350 g/mol. The van der Waals surface area contributed by atoms with Crippen molar-refractivity contribution in [2.45, 2.75) is 13.8 Å². The number of fused-ring (bicyclic) bond motifs is 1. The monoisotopic (exact) mass is 371 g/mol. The Morgan fingerprint density at radius 3 is 2.79 bits per heavy atom. The van der Waals surface area contributed by atoms with Crippen LogP contribution in [0.4, 0.5) is 5.69 Å². The summed E-state index contributed by atoms with van der Waals surface area (Å²) in [4.78, 5) is 16.9. The van der Waals surface area contributed by atoms with Crippen LogP contribution in [0.25, 0.3) is 16.9 Å². The number of carbonyl (C=O) groups excluding carboxylic acids is 1. The predicted octanol–water partition coefficient (Wildman–Crippen LogP) is 4.64. The van der Waals surface area contributed by atoms with Crippen LogP contribution in [0.15, 0.2) is 73.1 Å². The first-order valence-electron chi connectivity index (χ1n) is 9.12. The minimum atomic E-state index is -0.203. The fourth-order valence-electron chi connectivity index (χ4n) is 3.04. The number of aryl methyl sites for hydroxylation is 2. The van der Waals surface area contributed by atoms with Gasteiger partial charge in [-0.2, -0.15) is 0 Å². The molecule has 0 aliphatic heterocycles. The zero-order valence-corrected chi connectivity index (χ0v) is 15.8. The predicted molar refractivity (Wildman–Crippen MR) is 111 cm³/mol. The van der Waals surface area contributed by atoms with E-state index >= 15 is 0 Å². The van der Waals surface area contributed by atoms with E-state index in [9.17, 15) is 4.79 Å². The van der Waals surface area contributed by atoms with Gasteiger partial charge in [-0.1, -0.05) is 30.3 Å². The molecule has 5 heteroatoms. The Kier molecular flexibility index (Phi) is 4.81. The summed E-state index contributed by atoms with van der Waals surface area (Å²) in [6.07, 6.45) is 3.98. The molecule has 1 amide bonds. The van der Waals surface area contributed by atoms with E-state index in [0.717, 1.165) is 22.5 Å². The summed E-state index contributed by atoms with van der Waals surface area (Å²) < 4.78 is 7.60. The molecule has 28 heavy (non-hydrogen) atoms. The lowest BCUT2D eigenvalue weighted by Gasteiger charge is -2.10. The Hall–Kier alpha value is -3.60. The number of amides is 1. The summed E-state index contributed by atoms with van der Waals surface area (Å²) in [6, 6.07) is 19.4. The molecule has 5 nitrogen and oxygen atoms in total. The van der Waals surface area contributed by atoms with E-state index in [1.54, 1.807) is 0 Å². The molecule has 0 bridgehead atoms. The van der Waals surface area contributed by atoms with Gasteiger partial charge >= 0.3 is 0 Å². The topological polar surface area (TPSA) is 55.6 Å². The van der Waals surface area contributed by atoms with Crippen LogP contribution in [0.3, 0.4) is 0 Å². The number of anilines is 1. The van der Waals surface area contributed by atoms with E-state index in [1.807, 2.05) is 91.3 Å². The van der Waals surface area contributed by atoms with E-state index in [0.29, 0.717) is 11.4 Å². The lowest BCUT2D eigenvalue weighted by Crippen LogP contribution is -2.20. The Morgan fingerprint density at radius 1 is 1.07 bits per heavy atom. The second-order valence-electron chi connectivity index (χ2n) is 6.78. The molecule has 0 unspecified atom stereocenters. The molecule has 1 N–H and O–H groups in total. The Bertz CT molecular complexity index is 1150. The SMILES string of the molecule is Cc1ccn2cc(-c3cccc(NC(=O)COc4ccccc4C)c3)nc2c1. The molecule has 0 spiro atoms. The molecule has 2 aromatic carbocycles. The van der Waals surface area contributed by atoms with Crippen LogP contribution in [0.2, 0.25) is 0 Å². The lowest BCUT2D eigenvalue weighted by molar-refractivity contribution is -0.118. The number of para-hydroxylation sites is 1. The molecule has 0 aliphatic carbocycles. The van der Waals surface area contributed by atoms with Crippen LogP contribution < -0.4 is 10.1 Å². The molecule has 0 saturated heterocycles. The molecule has 2 aromatic heterocycles. The lowest BCUT2D eigenvalue weighted by atomic mass is 10.1. The maximum atomic E-state index is 12.3. The third kappa shape index (κ3) is 3.88. The van der Waals surface area contributed by atoms with Gasteiger partial charge in [-0.3, -0.25) is 4.79 Å². The number of nitrogens with zero attached hydrogens (tertiary/aromatic N) is 2. The second kappa shape index (κ2) is 7.56. The van der Waals surface area contributed by atoms with Crippen LogP contribution in [0.5, 0.6) is 5.75 Å². The van der Waals surface area contributed by atoms with Crippen LogP contribution >= 0.6 is 0 Å². The van der Waals surface area contributed by atoms with Gasteiger partial charge in [0.25, 0.3) is 5.91 Å². The normalized spacial score (nSPS) is 10.8. The summed E-state index contributed by atoms with van der Waals surface area (Å²) in [5.41, 5.74) is 5.58. The minimum Gasteiger partial charge on any atom is -0.483 e. The van der Waals surface area contributed by atoms with Crippen molar-refractivity contribution in [1.82, 2.24) is 9.38 Å². The molecule has 0 radical (unpaired) electrons. The highest BCUT2D eigenvalue weighted by Gasteiger charge is 2.08. The number of nitrogens with one attached hydrogen (secondary N) is 1. The highest BCUT2D eigenvalue weighted by Crippen LogP contribution is 2.23. The van der Waals surface area contributed by atoms with Gasteiger partial charge in [0.1, 0.15) is 11.4 Å². The highest BCUT2D eigenvalue weighted by atomic mass is 16.5. The summed E-state index contributed by atoms with van der Waals surface area (Å²) in [5.74, 6) is 0.512. The van der Waals surface area contributed by atoms with Crippen molar-refractivity contribution in [3.05, 3.63) is 84.2 Å². The van der Waals surface area contributed by atoms with Crippen LogP contribution in [0, 0.1) is 13.8 Å². The quantitative estimate of drug-likeness (QED) is 0.556. The van der Waals surface area contributed by atoms with E-state index in [1.165, 1.54) is 5.56 Å². The Balaban J connectivity index is 1.47. The van der Waals surface area contributed by atoms with Gasteiger partial charge in [-0.05, 0) is 55.3 Å². The maximum absolute atomic E-state index is 12.3. The summed E-state index contributed by atoms with van der Waals surface area (Å²) >= 11 is 0. The zero-order chi connectivity index (χ0) is 19.5. The fraction of sp³-hybridized carbons (Fsp3) is 0.130. The largest absolute Gasteiger partial charge is 0.483 e. The van der Waals surface area contributed by atoms with Crippen LogP contribution in [0.1, 0.15) is 11.1 Å². The second-order valence-corrected chi connectivity index (χ2v) is 6.78. The van der Waals surface area contributed by atoms with Crippen molar-refractivity contribution in [2.75, 3.05) is 11.9 Å². The van der Waals surface area contributed by atoms with Gasteiger partial charge in [0.05, 0.1) is 5.69 Å². The van der Waals surface area contributed by atoms with Gasteiger partial charge < -0.3 is 14.5 Å². The fourth-order valence-corrected chi connectivity index (χ4v) is 3.04. The van der Waals surface area contributed by atoms with E-state index in [4.69, 9.17) is 4.74 Å². The van der Waals surface area contributed by atoms with Crippen LogP contribution in [-0.4, -0.2) is 21.9 Å². The molecule has 4 rings (SSSR count). The number of hydrogen-bond donors (Lipinski definition) is 1. The number of aromatic nitrogens is 2. The Morgan fingerprint density at radius 2 is 1.93 bits per heavy atom. The van der Waals surface area contributed by atoms with Crippen molar-refractivity contribution in [2.24, 2.45) is 0 Å². The molecule has 0 fully saturated rings. The third-order valence-corrected chi connectivity index (χ3v) is 4.51. The third-order valence-electron chi connectivity index (χ3n) is 4.51. The number of imidazole rings is 1. The molecule has 4 aromatic rings. The van der Waals surface area contributed by atoms with Gasteiger partial charge in [-0.25, -0.2) is 4.98 Å². The van der Waals surface area contributed by atoms with E-state index in [-0.39, 0.29) is 12.5 Å². The highest BCUT2D eigenvalue weighted by molar-refractivity contribution is 5.92. The molecule has 140 valence electrons. The standard InChI is InChI=1S/C23H21N3O2/c1-16-10-11-26-14-20(25-22(26)12-16)18-7-5-8-19(13-18)24-23(27)15-28-21-9-4-3-6-17(21)2/h3-14H,15H2,1-2H3,(H,24,27). The number of ether oxygens (including phenoxy) is 1. The van der Waals surface area contributed by atoms with Crippen molar-refractivity contribution in [3.63, 3.8) is 0 Å².